The third kappa shape index (κ3) is 6.13. The van der Waals surface area contributed by atoms with Gasteiger partial charge in [-0.25, -0.2) is 5.43 Å². The lowest BCUT2D eigenvalue weighted by Gasteiger charge is -2.12. The molecule has 1 heterocycles. The molecule has 0 aliphatic rings. The number of benzene rings is 2. The molecule has 3 aromatic rings. The minimum Gasteiger partial charge on any atom is -0.326 e. The Morgan fingerprint density at radius 2 is 1.73 bits per heavy atom. The van der Waals surface area contributed by atoms with Crippen molar-refractivity contribution in [1.82, 2.24) is 9.99 Å². The van der Waals surface area contributed by atoms with Gasteiger partial charge in [0.25, 0.3) is 5.69 Å². The standard InChI is InChI=1S/C24H25N5O4/c1-16-12-17(2)24(18(3)13-16)26-22(30)9-10-23(31)27-25-15-21-8-5-11-28(21)19-6-4-7-20(14-19)29(32)33/h4-8,11-15H,9-10H2,1-3H3,(H,26,30)(H,27,31)/b25-15-. The van der Waals surface area contributed by atoms with Crippen molar-refractivity contribution in [3.63, 3.8) is 0 Å². The molecule has 1 aromatic heterocycles. The van der Waals surface area contributed by atoms with Gasteiger partial charge in [-0.1, -0.05) is 23.8 Å². The highest BCUT2D eigenvalue weighted by atomic mass is 16.6. The highest BCUT2D eigenvalue weighted by molar-refractivity contribution is 5.94. The Bertz CT molecular complexity index is 1210. The zero-order chi connectivity index (χ0) is 24.0. The Morgan fingerprint density at radius 1 is 1.03 bits per heavy atom. The summed E-state index contributed by atoms with van der Waals surface area (Å²) in [6.07, 6.45) is 3.19. The molecule has 9 nitrogen and oxygen atoms in total. The van der Waals surface area contributed by atoms with Gasteiger partial charge in [0.1, 0.15) is 0 Å². The van der Waals surface area contributed by atoms with Gasteiger partial charge < -0.3 is 9.88 Å². The summed E-state index contributed by atoms with van der Waals surface area (Å²) in [5.41, 5.74) is 7.45. The average molecular weight is 447 g/mol. The van der Waals surface area contributed by atoms with E-state index in [-0.39, 0.29) is 24.4 Å². The molecule has 0 atom stereocenters. The maximum absolute atomic E-state index is 12.3. The number of hydrogen-bond acceptors (Lipinski definition) is 5. The van der Waals surface area contributed by atoms with Crippen molar-refractivity contribution in [2.75, 3.05) is 5.32 Å². The van der Waals surface area contributed by atoms with Crippen molar-refractivity contribution in [3.8, 4) is 5.69 Å². The summed E-state index contributed by atoms with van der Waals surface area (Å²) in [5, 5.41) is 17.8. The zero-order valence-corrected chi connectivity index (χ0v) is 18.7. The second-order valence-corrected chi connectivity index (χ2v) is 7.70. The predicted octanol–water partition coefficient (Wildman–Crippen LogP) is 4.18. The lowest BCUT2D eigenvalue weighted by atomic mass is 10.0. The molecule has 170 valence electrons. The SMILES string of the molecule is Cc1cc(C)c(NC(=O)CCC(=O)N/N=C\c2cccn2-c2cccc([N+](=O)[O-])c2)c(C)c1. The van der Waals surface area contributed by atoms with E-state index in [0.29, 0.717) is 11.4 Å². The van der Waals surface area contributed by atoms with Crippen molar-refractivity contribution in [2.45, 2.75) is 33.6 Å². The minimum absolute atomic E-state index is 0.0149. The van der Waals surface area contributed by atoms with Gasteiger partial charge in [0, 0.05) is 36.9 Å². The number of rotatable bonds is 8. The molecule has 9 heteroatoms. The molecule has 0 saturated carbocycles. The van der Waals surface area contributed by atoms with Gasteiger partial charge in [-0.3, -0.25) is 19.7 Å². The molecule has 0 aliphatic heterocycles. The topological polar surface area (TPSA) is 119 Å². The molecule has 0 radical (unpaired) electrons. The van der Waals surface area contributed by atoms with Crippen LogP contribution < -0.4 is 10.7 Å². The van der Waals surface area contributed by atoms with Gasteiger partial charge >= 0.3 is 0 Å². The number of carbonyl (C=O) groups is 2. The summed E-state index contributed by atoms with van der Waals surface area (Å²) < 4.78 is 1.71. The number of nitrogens with zero attached hydrogens (tertiary/aromatic N) is 3. The third-order valence-corrected chi connectivity index (χ3v) is 5.01. The van der Waals surface area contributed by atoms with Crippen molar-refractivity contribution in [3.05, 3.63) is 87.2 Å². The Morgan fingerprint density at radius 3 is 2.42 bits per heavy atom. The smallest absolute Gasteiger partial charge is 0.271 e. The number of aromatic nitrogens is 1. The zero-order valence-electron chi connectivity index (χ0n) is 18.7. The van der Waals surface area contributed by atoms with E-state index in [4.69, 9.17) is 0 Å². The average Bonchev–Trinajstić information content (AvgIpc) is 3.23. The van der Waals surface area contributed by atoms with E-state index >= 15 is 0 Å². The number of anilines is 1. The summed E-state index contributed by atoms with van der Waals surface area (Å²) in [4.78, 5) is 34.9. The highest BCUT2D eigenvalue weighted by Gasteiger charge is 2.11. The van der Waals surface area contributed by atoms with Gasteiger partial charge in [0.15, 0.2) is 0 Å². The van der Waals surface area contributed by atoms with E-state index in [1.165, 1.54) is 18.3 Å². The second-order valence-electron chi connectivity index (χ2n) is 7.70. The number of nitro groups is 1. The Labute approximate surface area is 191 Å². The third-order valence-electron chi connectivity index (χ3n) is 5.01. The quantitative estimate of drug-likeness (QED) is 0.306. The van der Waals surface area contributed by atoms with Crippen LogP contribution in [-0.2, 0) is 9.59 Å². The van der Waals surface area contributed by atoms with Crippen molar-refractivity contribution < 1.29 is 14.5 Å². The van der Waals surface area contributed by atoms with Crippen LogP contribution in [0.25, 0.3) is 5.69 Å². The summed E-state index contributed by atoms with van der Waals surface area (Å²) in [6.45, 7) is 5.86. The van der Waals surface area contributed by atoms with Crippen LogP contribution in [0.2, 0.25) is 0 Å². The van der Waals surface area contributed by atoms with Crippen LogP contribution in [0, 0.1) is 30.9 Å². The van der Waals surface area contributed by atoms with Crippen molar-refractivity contribution in [2.24, 2.45) is 5.10 Å². The molecule has 0 aliphatic carbocycles. The summed E-state index contributed by atoms with van der Waals surface area (Å²) in [5.74, 6) is -0.643. The molecular formula is C24H25N5O4. The van der Waals surface area contributed by atoms with E-state index in [1.807, 2.05) is 32.9 Å². The molecule has 0 spiro atoms. The Hall–Kier alpha value is -4.27. The Balaban J connectivity index is 1.54. The van der Waals surface area contributed by atoms with E-state index in [0.717, 1.165) is 22.4 Å². The first-order valence-corrected chi connectivity index (χ1v) is 10.4. The van der Waals surface area contributed by atoms with E-state index in [2.05, 4.69) is 15.8 Å². The lowest BCUT2D eigenvalue weighted by molar-refractivity contribution is -0.384. The van der Waals surface area contributed by atoms with E-state index in [9.17, 15) is 19.7 Å². The fourth-order valence-electron chi connectivity index (χ4n) is 3.52. The Kier molecular flexibility index (Phi) is 7.34. The van der Waals surface area contributed by atoms with Crippen LogP contribution in [0.3, 0.4) is 0 Å². The largest absolute Gasteiger partial charge is 0.326 e. The first kappa shape index (κ1) is 23.4. The maximum Gasteiger partial charge on any atom is 0.271 e. The summed E-state index contributed by atoms with van der Waals surface area (Å²) in [7, 11) is 0. The molecule has 0 unspecified atom stereocenters. The van der Waals surface area contributed by atoms with E-state index < -0.39 is 10.8 Å². The summed E-state index contributed by atoms with van der Waals surface area (Å²) in [6, 6.07) is 13.7. The van der Waals surface area contributed by atoms with Crippen LogP contribution in [0.5, 0.6) is 0 Å². The number of amides is 2. The van der Waals surface area contributed by atoms with Crippen LogP contribution in [-0.4, -0.2) is 27.5 Å². The molecule has 2 amide bonds. The number of nitrogens with one attached hydrogen (secondary N) is 2. The highest BCUT2D eigenvalue weighted by Crippen LogP contribution is 2.22. The van der Waals surface area contributed by atoms with Crippen molar-refractivity contribution >= 4 is 29.4 Å². The van der Waals surface area contributed by atoms with E-state index in [1.54, 1.807) is 35.0 Å². The second kappa shape index (κ2) is 10.4. The lowest BCUT2D eigenvalue weighted by Crippen LogP contribution is -2.21. The number of hydrazone groups is 1. The van der Waals surface area contributed by atoms with Crippen LogP contribution >= 0.6 is 0 Å². The predicted molar refractivity (Wildman–Crippen MR) is 127 cm³/mol. The molecule has 3 rings (SSSR count). The van der Waals surface area contributed by atoms with Gasteiger partial charge in [-0.05, 0) is 50.1 Å². The number of aryl methyl sites for hydroxylation is 3. The van der Waals surface area contributed by atoms with Crippen LogP contribution in [0.1, 0.15) is 35.2 Å². The number of non-ortho nitro benzene ring substituents is 1. The molecule has 2 aromatic carbocycles. The first-order valence-electron chi connectivity index (χ1n) is 10.4. The first-order chi connectivity index (χ1) is 15.7. The molecule has 0 saturated heterocycles. The fourth-order valence-corrected chi connectivity index (χ4v) is 3.52. The van der Waals surface area contributed by atoms with Crippen molar-refractivity contribution in [1.29, 1.82) is 0 Å². The van der Waals surface area contributed by atoms with Gasteiger partial charge in [0.2, 0.25) is 11.8 Å². The normalized spacial score (nSPS) is 10.9. The molecular weight excluding hydrogens is 422 g/mol. The molecule has 0 bridgehead atoms. The van der Waals surface area contributed by atoms with Gasteiger partial charge in [-0.15, -0.1) is 0 Å². The van der Waals surface area contributed by atoms with Gasteiger partial charge in [-0.2, -0.15) is 5.10 Å². The number of nitro benzene ring substituents is 1. The number of carbonyl (C=O) groups excluding carboxylic acids is 2. The maximum atomic E-state index is 12.3. The minimum atomic E-state index is -0.460. The molecule has 33 heavy (non-hydrogen) atoms. The molecule has 0 fully saturated rings. The molecule has 2 N–H and O–H groups in total. The monoisotopic (exact) mass is 447 g/mol. The number of hydrogen-bond donors (Lipinski definition) is 2. The van der Waals surface area contributed by atoms with Gasteiger partial charge in [0.05, 0.1) is 22.5 Å². The van der Waals surface area contributed by atoms with Crippen LogP contribution in [0.15, 0.2) is 59.8 Å². The summed E-state index contributed by atoms with van der Waals surface area (Å²) >= 11 is 0. The van der Waals surface area contributed by atoms with Crippen LogP contribution in [0.4, 0.5) is 11.4 Å². The fraction of sp³-hybridized carbons (Fsp3) is 0.208.